The molecule has 0 aliphatic carbocycles. The van der Waals surface area contributed by atoms with Gasteiger partial charge in [0.2, 0.25) is 0 Å². The Morgan fingerprint density at radius 1 is 1.32 bits per heavy atom. The quantitative estimate of drug-likeness (QED) is 0.805. The van der Waals surface area contributed by atoms with Crippen LogP contribution >= 0.6 is 0 Å². The summed E-state index contributed by atoms with van der Waals surface area (Å²) in [5.74, 6) is -0.626. The third kappa shape index (κ3) is 2.98. The van der Waals surface area contributed by atoms with Crippen LogP contribution in [-0.4, -0.2) is 25.7 Å². The third-order valence-corrected chi connectivity index (χ3v) is 2.91. The maximum Gasteiger partial charge on any atom is 0.275 e. The van der Waals surface area contributed by atoms with Crippen molar-refractivity contribution in [2.75, 3.05) is 5.32 Å². The van der Waals surface area contributed by atoms with Gasteiger partial charge in [-0.05, 0) is 37.3 Å². The molecule has 0 aromatic carbocycles. The van der Waals surface area contributed by atoms with Crippen molar-refractivity contribution in [3.63, 3.8) is 0 Å². The Morgan fingerprint density at radius 2 is 2.18 bits per heavy atom. The van der Waals surface area contributed by atoms with E-state index in [0.717, 1.165) is 11.9 Å². The first-order valence-electron chi connectivity index (χ1n) is 6.53. The predicted octanol–water partition coefficient (Wildman–Crippen LogP) is 2.36. The van der Waals surface area contributed by atoms with E-state index < -0.39 is 11.7 Å². The van der Waals surface area contributed by atoms with Crippen LogP contribution in [-0.2, 0) is 0 Å². The van der Waals surface area contributed by atoms with Gasteiger partial charge in [-0.3, -0.25) is 4.79 Å². The average molecular weight is 297 g/mol. The van der Waals surface area contributed by atoms with Crippen molar-refractivity contribution in [3.05, 3.63) is 66.1 Å². The Hall–Kier alpha value is -3.09. The number of aryl methyl sites for hydroxylation is 1. The van der Waals surface area contributed by atoms with E-state index in [9.17, 15) is 9.18 Å². The Kier molecular flexibility index (Phi) is 3.61. The zero-order valence-electron chi connectivity index (χ0n) is 11.7. The lowest BCUT2D eigenvalue weighted by molar-refractivity contribution is 0.102. The van der Waals surface area contributed by atoms with Gasteiger partial charge in [-0.15, -0.1) is 0 Å². The monoisotopic (exact) mass is 297 g/mol. The highest BCUT2D eigenvalue weighted by atomic mass is 19.1. The maximum atomic E-state index is 12.8. The Labute approximate surface area is 125 Å². The van der Waals surface area contributed by atoms with Crippen LogP contribution in [0.25, 0.3) is 5.69 Å². The molecule has 3 heterocycles. The highest BCUT2D eigenvalue weighted by molar-refractivity contribution is 6.02. The minimum Gasteiger partial charge on any atom is -0.305 e. The molecular formula is C15H12FN5O. The summed E-state index contributed by atoms with van der Waals surface area (Å²) in [5, 5.41) is 6.70. The minimum absolute atomic E-state index is 0.233. The van der Waals surface area contributed by atoms with Crippen molar-refractivity contribution in [1.82, 2.24) is 19.7 Å². The summed E-state index contributed by atoms with van der Waals surface area (Å²) in [4.78, 5) is 20.2. The molecule has 0 saturated heterocycles. The molecular weight excluding hydrogens is 285 g/mol. The maximum absolute atomic E-state index is 12.8. The summed E-state index contributed by atoms with van der Waals surface area (Å²) < 4.78 is 14.5. The van der Waals surface area contributed by atoms with E-state index in [1.807, 2.05) is 6.07 Å². The molecule has 0 atom stereocenters. The van der Waals surface area contributed by atoms with E-state index in [0.29, 0.717) is 5.69 Å². The van der Waals surface area contributed by atoms with Crippen molar-refractivity contribution < 1.29 is 9.18 Å². The summed E-state index contributed by atoms with van der Waals surface area (Å²) in [6.45, 7) is 1.79. The van der Waals surface area contributed by atoms with E-state index in [1.165, 1.54) is 12.1 Å². The van der Waals surface area contributed by atoms with Crippen molar-refractivity contribution in [3.8, 4) is 5.69 Å². The normalized spacial score (nSPS) is 10.5. The number of hydrogen-bond acceptors (Lipinski definition) is 4. The number of carbonyl (C=O) groups excluding carboxylic acids is 1. The molecule has 3 aromatic rings. The standard InChI is InChI=1S/C15H12FN5O/c1-10-7-12(21-6-2-5-18-21)8-13(19-10)15(22)20-14-4-3-11(16)9-17-14/h2-9H,1H3,(H,17,20,22). The second-order valence-corrected chi connectivity index (χ2v) is 4.62. The molecule has 0 fully saturated rings. The van der Waals surface area contributed by atoms with Gasteiger partial charge in [0.15, 0.2) is 0 Å². The van der Waals surface area contributed by atoms with Crippen LogP contribution in [0, 0.1) is 12.7 Å². The second kappa shape index (κ2) is 5.72. The molecule has 22 heavy (non-hydrogen) atoms. The predicted molar refractivity (Wildman–Crippen MR) is 78.2 cm³/mol. The molecule has 1 N–H and O–H groups in total. The number of carbonyl (C=O) groups is 1. The first-order valence-corrected chi connectivity index (χ1v) is 6.53. The number of pyridine rings is 2. The van der Waals surface area contributed by atoms with Gasteiger partial charge in [-0.1, -0.05) is 0 Å². The molecule has 1 amide bonds. The zero-order chi connectivity index (χ0) is 15.5. The number of nitrogens with zero attached hydrogens (tertiary/aromatic N) is 4. The summed E-state index contributed by atoms with van der Waals surface area (Å²) >= 11 is 0. The Balaban J connectivity index is 1.87. The van der Waals surface area contributed by atoms with E-state index in [4.69, 9.17) is 0 Å². The fourth-order valence-corrected chi connectivity index (χ4v) is 1.95. The molecule has 6 nitrogen and oxygen atoms in total. The molecule has 0 spiro atoms. The van der Waals surface area contributed by atoms with Gasteiger partial charge in [0, 0.05) is 18.1 Å². The molecule has 7 heteroatoms. The number of nitrogens with one attached hydrogen (secondary N) is 1. The lowest BCUT2D eigenvalue weighted by Gasteiger charge is -2.07. The molecule has 0 aliphatic heterocycles. The molecule has 3 rings (SSSR count). The van der Waals surface area contributed by atoms with Crippen LogP contribution < -0.4 is 5.32 Å². The molecule has 0 unspecified atom stereocenters. The highest BCUT2D eigenvalue weighted by Gasteiger charge is 2.11. The van der Waals surface area contributed by atoms with Crippen LogP contribution in [0.1, 0.15) is 16.2 Å². The van der Waals surface area contributed by atoms with Crippen molar-refractivity contribution in [2.45, 2.75) is 6.92 Å². The lowest BCUT2D eigenvalue weighted by atomic mass is 10.2. The topological polar surface area (TPSA) is 72.7 Å². The number of amides is 1. The Morgan fingerprint density at radius 3 is 2.86 bits per heavy atom. The van der Waals surface area contributed by atoms with Crippen molar-refractivity contribution in [1.29, 1.82) is 0 Å². The minimum atomic E-state index is -0.465. The first-order chi connectivity index (χ1) is 10.6. The van der Waals surface area contributed by atoms with E-state index in [-0.39, 0.29) is 11.5 Å². The molecule has 0 radical (unpaired) electrons. The van der Waals surface area contributed by atoms with E-state index >= 15 is 0 Å². The van der Waals surface area contributed by atoms with Gasteiger partial charge in [0.05, 0.1) is 11.9 Å². The lowest BCUT2D eigenvalue weighted by Crippen LogP contribution is -2.16. The number of aromatic nitrogens is 4. The van der Waals surface area contributed by atoms with Gasteiger partial charge in [-0.25, -0.2) is 19.0 Å². The summed E-state index contributed by atoms with van der Waals surface area (Å²) in [6.07, 6.45) is 4.46. The van der Waals surface area contributed by atoms with Crippen LogP contribution in [0.2, 0.25) is 0 Å². The van der Waals surface area contributed by atoms with Crippen LogP contribution in [0.3, 0.4) is 0 Å². The molecule has 0 saturated carbocycles. The van der Waals surface area contributed by atoms with Crippen LogP contribution in [0.4, 0.5) is 10.2 Å². The highest BCUT2D eigenvalue weighted by Crippen LogP contribution is 2.12. The average Bonchev–Trinajstić information content (AvgIpc) is 3.03. The summed E-state index contributed by atoms with van der Waals surface area (Å²) in [7, 11) is 0. The molecule has 0 aliphatic rings. The van der Waals surface area contributed by atoms with Crippen molar-refractivity contribution >= 4 is 11.7 Å². The number of hydrogen-bond donors (Lipinski definition) is 1. The zero-order valence-corrected chi connectivity index (χ0v) is 11.7. The van der Waals surface area contributed by atoms with E-state index in [2.05, 4.69) is 20.4 Å². The molecule has 110 valence electrons. The summed E-state index contributed by atoms with van der Waals surface area (Å²) in [6, 6.07) is 7.84. The molecule has 0 bridgehead atoms. The van der Waals surface area contributed by atoms with Crippen LogP contribution in [0.15, 0.2) is 48.9 Å². The van der Waals surface area contributed by atoms with E-state index in [1.54, 1.807) is 36.1 Å². The first kappa shape index (κ1) is 13.9. The SMILES string of the molecule is Cc1cc(-n2cccn2)cc(C(=O)Nc2ccc(F)cn2)n1. The largest absolute Gasteiger partial charge is 0.305 e. The number of halogens is 1. The number of rotatable bonds is 3. The fraction of sp³-hybridized carbons (Fsp3) is 0.0667. The molecule has 3 aromatic heterocycles. The van der Waals surface area contributed by atoms with Gasteiger partial charge in [-0.2, -0.15) is 5.10 Å². The summed E-state index contributed by atoms with van der Waals surface area (Å²) in [5.41, 5.74) is 1.65. The van der Waals surface area contributed by atoms with Gasteiger partial charge < -0.3 is 5.32 Å². The van der Waals surface area contributed by atoms with Gasteiger partial charge in [0.1, 0.15) is 17.3 Å². The van der Waals surface area contributed by atoms with Crippen molar-refractivity contribution in [2.24, 2.45) is 0 Å². The third-order valence-electron chi connectivity index (χ3n) is 2.91. The number of anilines is 1. The van der Waals surface area contributed by atoms with Gasteiger partial charge in [0.25, 0.3) is 5.91 Å². The van der Waals surface area contributed by atoms with Crippen LogP contribution in [0.5, 0.6) is 0 Å². The second-order valence-electron chi connectivity index (χ2n) is 4.62. The fourth-order valence-electron chi connectivity index (χ4n) is 1.95. The van der Waals surface area contributed by atoms with Gasteiger partial charge >= 0.3 is 0 Å². The Bertz CT molecular complexity index is 799. The smallest absolute Gasteiger partial charge is 0.275 e.